The van der Waals surface area contributed by atoms with Gasteiger partial charge in [-0.1, -0.05) is 25.5 Å². The minimum Gasteiger partial charge on any atom is -0.469 e. The molecule has 0 amide bonds. The molecule has 2 aliphatic heterocycles. The fourth-order valence-electron chi connectivity index (χ4n) is 8.59. The lowest BCUT2D eigenvalue weighted by atomic mass is 9.44. The van der Waals surface area contributed by atoms with Crippen molar-refractivity contribution in [3.8, 4) is 0 Å². The van der Waals surface area contributed by atoms with Crippen LogP contribution in [0.25, 0.3) is 0 Å². The Labute approximate surface area is 176 Å². The highest BCUT2D eigenvalue weighted by molar-refractivity contribution is 5.84. The summed E-state index contributed by atoms with van der Waals surface area (Å²) in [5.74, 6) is -0.292. The lowest BCUT2D eigenvalue weighted by molar-refractivity contribution is -0.169. The number of fused-ring (bicyclic) bond motifs is 4. The summed E-state index contributed by atoms with van der Waals surface area (Å²) in [6.45, 7) is 4.50. The molecule has 0 aromatic heterocycles. The second kappa shape index (κ2) is 5.56. The number of methoxy groups -OCH3 is 1. The molecular weight excluding hydrogens is 384 g/mol. The number of esters is 2. The second-order valence-corrected chi connectivity index (χ2v) is 10.9. The smallest absolute Gasteiger partial charge is 0.312 e. The largest absolute Gasteiger partial charge is 0.469 e. The summed E-state index contributed by atoms with van der Waals surface area (Å²) >= 11 is 0. The summed E-state index contributed by atoms with van der Waals surface area (Å²) in [5, 5.41) is 0. The summed E-state index contributed by atoms with van der Waals surface area (Å²) in [6, 6.07) is 0. The zero-order valence-corrected chi connectivity index (χ0v) is 18.0. The number of ketones is 1. The van der Waals surface area contributed by atoms with Crippen molar-refractivity contribution in [2.45, 2.75) is 82.5 Å². The Balaban J connectivity index is 1.50. The van der Waals surface area contributed by atoms with Gasteiger partial charge in [0.25, 0.3) is 0 Å². The van der Waals surface area contributed by atoms with Crippen molar-refractivity contribution in [2.24, 2.45) is 28.6 Å². The van der Waals surface area contributed by atoms with Crippen molar-refractivity contribution in [1.29, 1.82) is 0 Å². The average molecular weight is 414 g/mol. The number of hydrogen-bond donors (Lipinski definition) is 0. The van der Waals surface area contributed by atoms with Gasteiger partial charge in [-0.2, -0.15) is 0 Å². The van der Waals surface area contributed by atoms with Gasteiger partial charge in [-0.25, -0.2) is 0 Å². The number of ether oxygens (including phenoxy) is 3. The topological polar surface area (TPSA) is 82.2 Å². The molecule has 6 heteroatoms. The highest BCUT2D eigenvalue weighted by atomic mass is 16.6. The van der Waals surface area contributed by atoms with Crippen LogP contribution in [-0.4, -0.2) is 42.1 Å². The Bertz CT molecular complexity index is 907. The lowest BCUT2D eigenvalue weighted by Gasteiger charge is -2.57. The molecule has 6 aliphatic rings. The van der Waals surface area contributed by atoms with Crippen LogP contribution in [0.5, 0.6) is 0 Å². The van der Waals surface area contributed by atoms with E-state index in [2.05, 4.69) is 19.9 Å². The zero-order valence-electron chi connectivity index (χ0n) is 18.0. The Morgan fingerprint density at radius 1 is 1.17 bits per heavy atom. The van der Waals surface area contributed by atoms with Crippen molar-refractivity contribution in [3.63, 3.8) is 0 Å². The summed E-state index contributed by atoms with van der Waals surface area (Å²) in [4.78, 5) is 37.4. The minimum atomic E-state index is -0.430. The van der Waals surface area contributed by atoms with Crippen LogP contribution in [0, 0.1) is 28.6 Å². The zero-order chi connectivity index (χ0) is 21.1. The van der Waals surface area contributed by atoms with Gasteiger partial charge < -0.3 is 14.2 Å². The summed E-state index contributed by atoms with van der Waals surface area (Å²) in [7, 11) is 1.44. The minimum absolute atomic E-state index is 0.00525. The third-order valence-corrected chi connectivity index (χ3v) is 10.2. The molecule has 5 fully saturated rings. The SMILES string of the molecule is COC(=O)[C@@H]1C=C2CC(=O)CC[C@]2(C)[C@@]23OC2C[C@@]2(C)[C@@H](CC[C@@]24CCC(=O)O4)C13. The van der Waals surface area contributed by atoms with Gasteiger partial charge in [0.1, 0.15) is 17.0 Å². The van der Waals surface area contributed by atoms with Crippen LogP contribution in [0.1, 0.15) is 65.2 Å². The Morgan fingerprint density at radius 2 is 1.97 bits per heavy atom. The first kappa shape index (κ1) is 19.0. The third-order valence-electron chi connectivity index (χ3n) is 10.2. The molecule has 0 aromatic carbocycles. The number of Topliss-reactive ketones (excluding diaryl/α,β-unsaturated/α-hetero) is 1. The van der Waals surface area contributed by atoms with Gasteiger partial charge >= 0.3 is 11.9 Å². The van der Waals surface area contributed by atoms with Gasteiger partial charge in [-0.3, -0.25) is 14.4 Å². The number of epoxide rings is 1. The van der Waals surface area contributed by atoms with Crippen LogP contribution in [0.3, 0.4) is 0 Å². The molecule has 162 valence electrons. The fourth-order valence-corrected chi connectivity index (χ4v) is 8.59. The molecule has 0 radical (unpaired) electrons. The maximum absolute atomic E-state index is 13.0. The maximum Gasteiger partial charge on any atom is 0.312 e. The molecule has 4 aliphatic carbocycles. The molecule has 2 spiro atoms. The molecule has 6 nitrogen and oxygen atoms in total. The molecule has 0 bridgehead atoms. The number of carbonyl (C=O) groups is 3. The van der Waals surface area contributed by atoms with Crippen LogP contribution in [0.4, 0.5) is 0 Å². The molecule has 3 saturated carbocycles. The molecule has 2 unspecified atom stereocenters. The Morgan fingerprint density at radius 3 is 2.67 bits per heavy atom. The average Bonchev–Trinajstić information content (AvgIpc) is 3.20. The second-order valence-electron chi connectivity index (χ2n) is 10.9. The van der Waals surface area contributed by atoms with Crippen molar-refractivity contribution in [1.82, 2.24) is 0 Å². The van der Waals surface area contributed by atoms with Crippen molar-refractivity contribution in [2.75, 3.05) is 7.11 Å². The standard InChI is InChI=1S/C24H30O6/c1-21-7-4-14(25)10-13(21)11-15(20(27)28-3)19-16-5-8-23(9-6-18(26)30-23)22(16,2)12-17-24(19,21)29-17/h11,15-17,19H,4-10,12H2,1-3H3/t15-,16+,17?,19?,21+,22+,23-,24-/m1/s1. The number of rotatable bonds is 1. The van der Waals surface area contributed by atoms with Gasteiger partial charge in [0, 0.05) is 36.0 Å². The third kappa shape index (κ3) is 1.94. The predicted octanol–water partition coefficient (Wildman–Crippen LogP) is 3.12. The molecule has 8 atom stereocenters. The summed E-state index contributed by atoms with van der Waals surface area (Å²) in [5.41, 5.74) is -0.191. The van der Waals surface area contributed by atoms with Gasteiger partial charge in [0.2, 0.25) is 0 Å². The molecule has 6 rings (SSSR count). The van der Waals surface area contributed by atoms with Crippen molar-refractivity contribution < 1.29 is 28.6 Å². The predicted molar refractivity (Wildman–Crippen MR) is 105 cm³/mol. The van der Waals surface area contributed by atoms with Crippen molar-refractivity contribution >= 4 is 17.7 Å². The van der Waals surface area contributed by atoms with Crippen LogP contribution in [0.2, 0.25) is 0 Å². The first-order valence-corrected chi connectivity index (χ1v) is 11.4. The van der Waals surface area contributed by atoms with E-state index in [-0.39, 0.29) is 46.5 Å². The molecule has 0 N–H and O–H groups in total. The summed E-state index contributed by atoms with van der Waals surface area (Å²) in [6.07, 6.45) is 7.74. The highest BCUT2D eigenvalue weighted by Crippen LogP contribution is 2.77. The molecular formula is C24H30O6. The summed E-state index contributed by atoms with van der Waals surface area (Å²) < 4.78 is 17.9. The quantitative estimate of drug-likeness (QED) is 0.372. The van der Waals surface area contributed by atoms with E-state index >= 15 is 0 Å². The maximum atomic E-state index is 13.0. The first-order valence-electron chi connectivity index (χ1n) is 11.4. The molecule has 30 heavy (non-hydrogen) atoms. The van der Waals surface area contributed by atoms with E-state index in [0.29, 0.717) is 19.3 Å². The van der Waals surface area contributed by atoms with Gasteiger partial charge in [-0.15, -0.1) is 0 Å². The van der Waals surface area contributed by atoms with Crippen LogP contribution < -0.4 is 0 Å². The highest BCUT2D eigenvalue weighted by Gasteiger charge is 2.83. The normalized spacial score (nSPS) is 53.2. The van der Waals surface area contributed by atoms with E-state index in [9.17, 15) is 14.4 Å². The Kier molecular flexibility index (Phi) is 3.53. The van der Waals surface area contributed by atoms with E-state index in [1.807, 2.05) is 0 Å². The molecule has 2 saturated heterocycles. The van der Waals surface area contributed by atoms with Gasteiger partial charge in [0.15, 0.2) is 0 Å². The van der Waals surface area contributed by atoms with Crippen molar-refractivity contribution in [3.05, 3.63) is 11.6 Å². The van der Waals surface area contributed by atoms with E-state index in [1.165, 1.54) is 7.11 Å². The van der Waals surface area contributed by atoms with Crippen LogP contribution in [-0.2, 0) is 28.6 Å². The van der Waals surface area contributed by atoms with E-state index in [0.717, 1.165) is 37.7 Å². The Hall–Kier alpha value is -1.69. The lowest BCUT2D eigenvalue weighted by Crippen LogP contribution is -2.62. The fraction of sp³-hybridized carbons (Fsp3) is 0.792. The van der Waals surface area contributed by atoms with Gasteiger partial charge in [0.05, 0.1) is 19.1 Å². The van der Waals surface area contributed by atoms with E-state index in [4.69, 9.17) is 14.2 Å². The van der Waals surface area contributed by atoms with Gasteiger partial charge in [-0.05, 0) is 38.0 Å². The van der Waals surface area contributed by atoms with E-state index in [1.54, 1.807) is 0 Å². The van der Waals surface area contributed by atoms with E-state index < -0.39 is 17.1 Å². The molecule has 0 aromatic rings. The van der Waals surface area contributed by atoms with Crippen LogP contribution in [0.15, 0.2) is 11.6 Å². The number of hydrogen-bond acceptors (Lipinski definition) is 6. The number of carbonyl (C=O) groups excluding carboxylic acids is 3. The monoisotopic (exact) mass is 414 g/mol. The first-order chi connectivity index (χ1) is 14.2. The molecule has 2 heterocycles. The van der Waals surface area contributed by atoms with Crippen LogP contribution >= 0.6 is 0 Å².